The van der Waals surface area contributed by atoms with Gasteiger partial charge in [0.05, 0.1) is 0 Å². The lowest BCUT2D eigenvalue weighted by Crippen LogP contribution is -1.99. The van der Waals surface area contributed by atoms with Gasteiger partial charge >= 0.3 is 0 Å². The Kier molecular flexibility index (Phi) is 7.24. The maximum atomic E-state index is 6.87. The molecule has 0 spiro atoms. The number of benzene rings is 8. The monoisotopic (exact) mass is 763 g/mol. The summed E-state index contributed by atoms with van der Waals surface area (Å²) < 4.78 is 11.8. The number of hydrogen-bond acceptors (Lipinski definition) is 6. The third-order valence-corrected chi connectivity index (χ3v) is 13.3. The van der Waals surface area contributed by atoms with Gasteiger partial charge in [0, 0.05) is 78.9 Å². The van der Waals surface area contributed by atoms with Crippen molar-refractivity contribution in [3.63, 3.8) is 0 Å². The second kappa shape index (κ2) is 12.8. The van der Waals surface area contributed by atoms with E-state index in [4.69, 9.17) is 19.4 Å². The van der Waals surface area contributed by atoms with Crippen molar-refractivity contribution in [3.8, 4) is 56.4 Å². The molecule has 0 saturated heterocycles. The van der Waals surface area contributed by atoms with E-state index in [0.29, 0.717) is 17.5 Å². The lowest BCUT2D eigenvalue weighted by molar-refractivity contribution is 0.670. The number of aromatic nitrogens is 3. The topological polar surface area (TPSA) is 51.8 Å². The molecule has 0 aliphatic rings. The highest BCUT2D eigenvalue weighted by Gasteiger charge is 2.22. The van der Waals surface area contributed by atoms with Crippen molar-refractivity contribution in [3.05, 3.63) is 176 Å². The summed E-state index contributed by atoms with van der Waals surface area (Å²) in [5.74, 6) is 1.95. The van der Waals surface area contributed by atoms with Crippen molar-refractivity contribution in [2.24, 2.45) is 0 Å². The van der Waals surface area contributed by atoms with Crippen molar-refractivity contribution < 1.29 is 4.42 Å². The molecule has 0 aliphatic heterocycles. The highest BCUT2D eigenvalue weighted by molar-refractivity contribution is 7.26. The molecule has 0 N–H and O–H groups in total. The first kappa shape index (κ1) is 32.3. The summed E-state index contributed by atoms with van der Waals surface area (Å²) in [7, 11) is 0. The largest absolute Gasteiger partial charge is 0.455 e. The molecule has 8 aromatic carbocycles. The van der Waals surface area contributed by atoms with E-state index in [0.717, 1.165) is 49.8 Å². The van der Waals surface area contributed by atoms with Crippen molar-refractivity contribution in [1.82, 2.24) is 15.0 Å². The van der Waals surface area contributed by atoms with Crippen LogP contribution in [0.3, 0.4) is 0 Å². The highest BCUT2D eigenvalue weighted by atomic mass is 32.1. The zero-order valence-corrected chi connectivity index (χ0v) is 31.9. The van der Waals surface area contributed by atoms with E-state index in [1.165, 1.54) is 51.5 Å². The van der Waals surface area contributed by atoms with Gasteiger partial charge in [-0.2, -0.15) is 0 Å². The fourth-order valence-electron chi connectivity index (χ4n) is 8.35. The maximum Gasteiger partial charge on any atom is 0.164 e. The zero-order valence-electron chi connectivity index (χ0n) is 30.3. The number of fused-ring (bicyclic) bond motifs is 9. The van der Waals surface area contributed by atoms with Gasteiger partial charge in [0.2, 0.25) is 0 Å². The van der Waals surface area contributed by atoms with E-state index in [1.54, 1.807) is 11.3 Å². The third kappa shape index (κ3) is 5.15. The second-order valence-electron chi connectivity index (χ2n) is 14.3. The molecule has 12 aromatic rings. The molecule has 0 aliphatic carbocycles. The molecule has 0 amide bonds. The van der Waals surface area contributed by atoms with Crippen LogP contribution in [0.5, 0.6) is 0 Å². The summed E-state index contributed by atoms with van der Waals surface area (Å²) in [6.07, 6.45) is 0. The quantitative estimate of drug-likeness (QED) is 0.175. The number of furan rings is 1. The van der Waals surface area contributed by atoms with E-state index in [2.05, 4.69) is 115 Å². The Morgan fingerprint density at radius 3 is 1.74 bits per heavy atom. The van der Waals surface area contributed by atoms with Crippen LogP contribution in [0.4, 0.5) is 0 Å². The van der Waals surface area contributed by atoms with Crippen LogP contribution in [0.15, 0.2) is 180 Å². The number of para-hydroxylation sites is 1. The van der Waals surface area contributed by atoms with E-state index < -0.39 is 0 Å². The molecular formula is C51H29N3OS2. The average molecular weight is 764 g/mol. The van der Waals surface area contributed by atoms with E-state index in [9.17, 15) is 0 Å². The Morgan fingerprint density at radius 2 is 0.947 bits per heavy atom. The van der Waals surface area contributed by atoms with E-state index in [1.807, 2.05) is 72.0 Å². The normalized spacial score (nSPS) is 11.9. The smallest absolute Gasteiger partial charge is 0.164 e. The van der Waals surface area contributed by atoms with Crippen molar-refractivity contribution >= 4 is 85.0 Å². The van der Waals surface area contributed by atoms with Gasteiger partial charge in [0.1, 0.15) is 11.2 Å². The standard InChI is InChI=1S/C51H29N3OS2/c1-3-13-30(14-4-1)49-52-50(31-15-5-2-6-16-31)54-51(53-49)32-25-26-40-44(29-32)56-43-24-12-19-34(45(40)43)36-28-27-35(46-39-18-7-9-22-41(39)55-47(36)46)38-21-11-20-37-33-17-8-10-23-42(33)57-48(37)38/h1-29H. The molecule has 4 aromatic heterocycles. The Balaban J connectivity index is 1.05. The Hall–Kier alpha value is -6.99. The van der Waals surface area contributed by atoms with Gasteiger partial charge in [-0.25, -0.2) is 15.0 Å². The average Bonchev–Trinajstić information content (AvgIpc) is 3.98. The van der Waals surface area contributed by atoms with Gasteiger partial charge in [0.25, 0.3) is 0 Å². The Labute approximate surface area is 335 Å². The van der Waals surface area contributed by atoms with E-state index >= 15 is 0 Å². The van der Waals surface area contributed by atoms with Crippen molar-refractivity contribution in [2.45, 2.75) is 0 Å². The first-order chi connectivity index (χ1) is 28.2. The van der Waals surface area contributed by atoms with Gasteiger partial charge in [-0.1, -0.05) is 146 Å². The molecule has 266 valence electrons. The number of rotatable bonds is 5. The summed E-state index contributed by atoms with van der Waals surface area (Å²) in [4.78, 5) is 14.9. The molecule has 0 atom stereocenters. The lowest BCUT2D eigenvalue weighted by atomic mass is 9.92. The van der Waals surface area contributed by atoms with Gasteiger partial charge in [-0.05, 0) is 41.5 Å². The van der Waals surface area contributed by atoms with Crippen LogP contribution in [-0.2, 0) is 0 Å². The van der Waals surface area contributed by atoms with Crippen molar-refractivity contribution in [1.29, 1.82) is 0 Å². The summed E-state index contributed by atoms with van der Waals surface area (Å²) >= 11 is 3.66. The first-order valence-electron chi connectivity index (χ1n) is 18.9. The maximum absolute atomic E-state index is 6.87. The fourth-order valence-corrected chi connectivity index (χ4v) is 10.8. The minimum atomic E-state index is 0.649. The molecule has 6 heteroatoms. The minimum absolute atomic E-state index is 0.649. The van der Waals surface area contributed by atoms with Crippen LogP contribution in [0.2, 0.25) is 0 Å². The molecule has 0 bridgehead atoms. The summed E-state index contributed by atoms with van der Waals surface area (Å²) in [6, 6.07) is 61.9. The van der Waals surface area contributed by atoms with Crippen molar-refractivity contribution in [2.75, 3.05) is 0 Å². The SMILES string of the molecule is c1ccc(-c2nc(-c3ccccc3)nc(-c3ccc4c(c3)sc3cccc(-c5ccc(-c6cccc7c6sc6ccccc67)c6c5oc5ccccc56)c34)n2)cc1. The minimum Gasteiger partial charge on any atom is -0.455 e. The van der Waals surface area contributed by atoms with Crippen LogP contribution < -0.4 is 0 Å². The van der Waals surface area contributed by atoms with Gasteiger partial charge in [-0.3, -0.25) is 0 Å². The molecule has 57 heavy (non-hydrogen) atoms. The summed E-state index contributed by atoms with van der Waals surface area (Å²) in [6.45, 7) is 0. The second-order valence-corrected chi connectivity index (χ2v) is 16.4. The number of thiophene rings is 2. The van der Waals surface area contributed by atoms with Gasteiger partial charge < -0.3 is 4.42 Å². The van der Waals surface area contributed by atoms with Crippen LogP contribution >= 0.6 is 22.7 Å². The van der Waals surface area contributed by atoms with Crippen LogP contribution in [0.1, 0.15) is 0 Å². The highest BCUT2D eigenvalue weighted by Crippen LogP contribution is 2.48. The van der Waals surface area contributed by atoms with E-state index in [-0.39, 0.29) is 0 Å². The predicted molar refractivity (Wildman–Crippen MR) is 240 cm³/mol. The Morgan fingerprint density at radius 1 is 0.351 bits per heavy atom. The summed E-state index contributed by atoms with van der Waals surface area (Å²) in [5, 5.41) is 7.26. The predicted octanol–water partition coefficient (Wildman–Crippen LogP) is 14.8. The summed E-state index contributed by atoms with van der Waals surface area (Å²) in [5.41, 5.74) is 9.30. The molecule has 12 rings (SSSR count). The number of hydrogen-bond donors (Lipinski definition) is 0. The molecule has 0 saturated carbocycles. The van der Waals surface area contributed by atoms with Gasteiger partial charge in [-0.15, -0.1) is 22.7 Å². The first-order valence-corrected chi connectivity index (χ1v) is 20.6. The molecular weight excluding hydrogens is 735 g/mol. The zero-order chi connectivity index (χ0) is 37.5. The Bertz CT molecular complexity index is 3470. The van der Waals surface area contributed by atoms with Crippen LogP contribution in [0.25, 0.3) is 119 Å². The lowest BCUT2D eigenvalue weighted by Gasteiger charge is -2.11. The molecule has 0 unspecified atom stereocenters. The van der Waals surface area contributed by atoms with Crippen LogP contribution in [-0.4, -0.2) is 15.0 Å². The molecule has 4 heterocycles. The fraction of sp³-hybridized carbons (Fsp3) is 0. The molecule has 0 fully saturated rings. The third-order valence-electron chi connectivity index (χ3n) is 11.0. The molecule has 4 nitrogen and oxygen atoms in total. The number of nitrogens with zero attached hydrogens (tertiary/aromatic N) is 3. The van der Waals surface area contributed by atoms with Crippen LogP contribution in [0, 0.1) is 0 Å². The van der Waals surface area contributed by atoms with Gasteiger partial charge in [0.15, 0.2) is 17.5 Å². The molecule has 0 radical (unpaired) electrons.